The lowest BCUT2D eigenvalue weighted by molar-refractivity contribution is -0.116. The van der Waals surface area contributed by atoms with Gasteiger partial charge in [-0.2, -0.15) is 4.31 Å². The van der Waals surface area contributed by atoms with Gasteiger partial charge in [-0.1, -0.05) is 18.2 Å². The van der Waals surface area contributed by atoms with Crippen LogP contribution in [-0.2, 0) is 21.2 Å². The van der Waals surface area contributed by atoms with Gasteiger partial charge in [0, 0.05) is 31.3 Å². The smallest absolute Gasteiger partial charge is 0.246 e. The fourth-order valence-electron chi connectivity index (χ4n) is 3.20. The lowest BCUT2D eigenvalue weighted by Gasteiger charge is -2.18. The lowest BCUT2D eigenvalue weighted by atomic mass is 10.1. The van der Waals surface area contributed by atoms with Gasteiger partial charge in [-0.3, -0.25) is 4.79 Å². The zero-order chi connectivity index (χ0) is 20.1. The predicted octanol–water partition coefficient (Wildman–Crippen LogP) is 3.19. The van der Waals surface area contributed by atoms with Crippen LogP contribution in [0.15, 0.2) is 47.4 Å². The molecule has 0 bridgehead atoms. The molecule has 1 amide bonds. The topological polar surface area (TPSA) is 75.7 Å². The molecule has 0 saturated carbocycles. The van der Waals surface area contributed by atoms with Crippen molar-refractivity contribution in [2.75, 3.05) is 25.5 Å². The molecule has 3 rings (SSSR count). The Morgan fingerprint density at radius 3 is 2.57 bits per heavy atom. The highest BCUT2D eigenvalue weighted by Gasteiger charge is 2.30. The third kappa shape index (κ3) is 4.51. The normalized spacial score (nSPS) is 14.8. The van der Waals surface area contributed by atoms with E-state index in [0.29, 0.717) is 24.3 Å². The highest BCUT2D eigenvalue weighted by molar-refractivity contribution is 7.89. The number of anilines is 1. The molecule has 2 aromatic carbocycles. The van der Waals surface area contributed by atoms with Crippen molar-refractivity contribution in [2.24, 2.45) is 0 Å². The van der Waals surface area contributed by atoms with Crippen molar-refractivity contribution in [1.29, 1.82) is 0 Å². The number of aryl methyl sites for hydroxylation is 1. The quantitative estimate of drug-likeness (QED) is 0.766. The molecule has 0 atom stereocenters. The Labute approximate surface area is 164 Å². The zero-order valence-corrected chi connectivity index (χ0v) is 16.5. The second kappa shape index (κ2) is 8.70. The van der Waals surface area contributed by atoms with E-state index in [1.54, 1.807) is 18.2 Å². The Balaban J connectivity index is 1.69. The number of hydrogen-bond acceptors (Lipinski definition) is 4. The number of methoxy groups -OCH3 is 1. The van der Waals surface area contributed by atoms with E-state index in [1.807, 2.05) is 0 Å². The predicted molar refractivity (Wildman–Crippen MR) is 104 cm³/mol. The van der Waals surface area contributed by atoms with Gasteiger partial charge in [0.15, 0.2) is 0 Å². The Kier molecular flexibility index (Phi) is 6.31. The van der Waals surface area contributed by atoms with Crippen LogP contribution in [0.1, 0.15) is 24.8 Å². The molecule has 0 spiro atoms. The minimum Gasteiger partial charge on any atom is -0.495 e. The van der Waals surface area contributed by atoms with Gasteiger partial charge in [0.05, 0.1) is 7.11 Å². The molecule has 1 N–H and O–H groups in total. The number of benzene rings is 2. The SMILES string of the molecule is COc1cc(NC(=O)CCc2ccccc2F)ccc1S(=O)(=O)N1CCCC1. The summed E-state index contributed by atoms with van der Waals surface area (Å²) >= 11 is 0. The van der Waals surface area contributed by atoms with Crippen molar-refractivity contribution in [2.45, 2.75) is 30.6 Å². The second-order valence-corrected chi connectivity index (χ2v) is 8.52. The van der Waals surface area contributed by atoms with E-state index in [2.05, 4.69) is 5.32 Å². The molecule has 1 aliphatic rings. The molecule has 28 heavy (non-hydrogen) atoms. The molecule has 1 saturated heterocycles. The molecule has 150 valence electrons. The van der Waals surface area contributed by atoms with Crippen molar-refractivity contribution in [3.63, 3.8) is 0 Å². The molecule has 0 radical (unpaired) electrons. The average molecular weight is 406 g/mol. The first kappa shape index (κ1) is 20.3. The molecular weight excluding hydrogens is 383 g/mol. The van der Waals surface area contributed by atoms with Crippen molar-refractivity contribution in [3.8, 4) is 5.75 Å². The molecule has 2 aromatic rings. The Morgan fingerprint density at radius 1 is 1.18 bits per heavy atom. The van der Waals surface area contributed by atoms with Crippen LogP contribution < -0.4 is 10.1 Å². The number of carbonyl (C=O) groups is 1. The fraction of sp³-hybridized carbons (Fsp3) is 0.350. The van der Waals surface area contributed by atoms with E-state index < -0.39 is 10.0 Å². The fourth-order valence-corrected chi connectivity index (χ4v) is 4.85. The van der Waals surface area contributed by atoms with Crippen LogP contribution in [0.3, 0.4) is 0 Å². The summed E-state index contributed by atoms with van der Waals surface area (Å²) in [5.74, 6) is -0.451. The van der Waals surface area contributed by atoms with E-state index in [-0.39, 0.29) is 35.2 Å². The largest absolute Gasteiger partial charge is 0.495 e. The molecule has 0 aromatic heterocycles. The van der Waals surface area contributed by atoms with Gasteiger partial charge in [-0.05, 0) is 43.0 Å². The molecular formula is C20H23FN2O4S. The summed E-state index contributed by atoms with van der Waals surface area (Å²) in [6.07, 6.45) is 2.07. The summed E-state index contributed by atoms with van der Waals surface area (Å²) in [7, 11) is -2.23. The molecule has 1 fully saturated rings. The van der Waals surface area contributed by atoms with E-state index in [4.69, 9.17) is 4.74 Å². The molecule has 1 heterocycles. The van der Waals surface area contributed by atoms with Crippen molar-refractivity contribution in [1.82, 2.24) is 4.31 Å². The van der Waals surface area contributed by atoms with Crippen LogP contribution in [0.25, 0.3) is 0 Å². The van der Waals surface area contributed by atoms with Gasteiger partial charge in [-0.25, -0.2) is 12.8 Å². The summed E-state index contributed by atoms with van der Waals surface area (Å²) < 4.78 is 45.9. The van der Waals surface area contributed by atoms with Gasteiger partial charge in [0.2, 0.25) is 15.9 Å². The first-order valence-electron chi connectivity index (χ1n) is 9.13. The lowest BCUT2D eigenvalue weighted by Crippen LogP contribution is -2.28. The number of sulfonamides is 1. The first-order valence-corrected chi connectivity index (χ1v) is 10.6. The minimum atomic E-state index is -3.62. The van der Waals surface area contributed by atoms with Gasteiger partial charge in [0.25, 0.3) is 0 Å². The van der Waals surface area contributed by atoms with Crippen molar-refractivity contribution in [3.05, 3.63) is 53.8 Å². The number of carbonyl (C=O) groups excluding carboxylic acids is 1. The summed E-state index contributed by atoms with van der Waals surface area (Å²) in [4.78, 5) is 12.3. The minimum absolute atomic E-state index is 0.0845. The highest BCUT2D eigenvalue weighted by Crippen LogP contribution is 2.31. The highest BCUT2D eigenvalue weighted by atomic mass is 32.2. The maximum Gasteiger partial charge on any atom is 0.246 e. The molecule has 0 unspecified atom stereocenters. The standard InChI is InChI=1S/C20H23FN2O4S/c1-27-18-14-16(9-10-19(18)28(25,26)23-12-4-5-13-23)22-20(24)11-8-15-6-2-3-7-17(15)21/h2-3,6-7,9-10,14H,4-5,8,11-13H2,1H3,(H,22,24). The first-order chi connectivity index (χ1) is 13.4. The monoisotopic (exact) mass is 406 g/mol. The Morgan fingerprint density at radius 2 is 1.89 bits per heavy atom. The van der Waals surface area contributed by atoms with E-state index in [9.17, 15) is 17.6 Å². The third-order valence-electron chi connectivity index (χ3n) is 4.71. The number of ether oxygens (including phenoxy) is 1. The number of amides is 1. The summed E-state index contributed by atoms with van der Waals surface area (Å²) in [5, 5.41) is 2.70. The number of halogens is 1. The molecule has 0 aliphatic carbocycles. The van der Waals surface area contributed by atoms with Crippen LogP contribution in [0.5, 0.6) is 5.75 Å². The Hall–Kier alpha value is -2.45. The second-order valence-electron chi connectivity index (χ2n) is 6.62. The number of nitrogens with zero attached hydrogens (tertiary/aromatic N) is 1. The number of hydrogen-bond donors (Lipinski definition) is 1. The molecule has 1 aliphatic heterocycles. The van der Waals surface area contributed by atoms with E-state index >= 15 is 0 Å². The van der Waals surface area contributed by atoms with E-state index in [0.717, 1.165) is 12.8 Å². The number of rotatable bonds is 7. The van der Waals surface area contributed by atoms with Crippen LogP contribution in [0.4, 0.5) is 10.1 Å². The molecule has 6 nitrogen and oxygen atoms in total. The summed E-state index contributed by atoms with van der Waals surface area (Å²) in [6, 6.07) is 10.8. The van der Waals surface area contributed by atoms with Crippen LogP contribution >= 0.6 is 0 Å². The van der Waals surface area contributed by atoms with Crippen molar-refractivity contribution < 1.29 is 22.3 Å². The third-order valence-corrected chi connectivity index (χ3v) is 6.65. The van der Waals surface area contributed by atoms with Crippen LogP contribution in [0, 0.1) is 5.82 Å². The van der Waals surface area contributed by atoms with Crippen LogP contribution in [-0.4, -0.2) is 38.8 Å². The maximum absolute atomic E-state index is 13.6. The van der Waals surface area contributed by atoms with Gasteiger partial charge in [0.1, 0.15) is 16.5 Å². The average Bonchev–Trinajstić information content (AvgIpc) is 3.23. The van der Waals surface area contributed by atoms with Crippen molar-refractivity contribution >= 4 is 21.6 Å². The van der Waals surface area contributed by atoms with Gasteiger partial charge >= 0.3 is 0 Å². The van der Waals surface area contributed by atoms with E-state index in [1.165, 1.54) is 35.7 Å². The van der Waals surface area contributed by atoms with Gasteiger partial charge in [-0.15, -0.1) is 0 Å². The number of nitrogens with one attached hydrogen (secondary N) is 1. The summed E-state index contributed by atoms with van der Waals surface area (Å²) in [6.45, 7) is 1.00. The van der Waals surface area contributed by atoms with Gasteiger partial charge < -0.3 is 10.1 Å². The maximum atomic E-state index is 13.6. The molecule has 8 heteroatoms. The zero-order valence-electron chi connectivity index (χ0n) is 15.7. The summed E-state index contributed by atoms with van der Waals surface area (Å²) in [5.41, 5.74) is 0.901. The Bertz CT molecular complexity index is 956. The van der Waals surface area contributed by atoms with Crippen LogP contribution in [0.2, 0.25) is 0 Å².